The van der Waals surface area contributed by atoms with Crippen molar-refractivity contribution in [2.45, 2.75) is 0 Å². The van der Waals surface area contributed by atoms with Crippen molar-refractivity contribution in [3.8, 4) is 0 Å². The average molecular weight is 406 g/mol. The van der Waals surface area contributed by atoms with Crippen LogP contribution in [-0.2, 0) is 0 Å². The summed E-state index contributed by atoms with van der Waals surface area (Å²) in [6.07, 6.45) is 2.35. The van der Waals surface area contributed by atoms with Crippen molar-refractivity contribution in [2.75, 3.05) is 0 Å². The van der Waals surface area contributed by atoms with Gasteiger partial charge in [-0.3, -0.25) is 4.98 Å². The molecule has 0 unspecified atom stereocenters. The number of ketones is 1. The quantitative estimate of drug-likeness (QED) is 0.555. The summed E-state index contributed by atoms with van der Waals surface area (Å²) in [6, 6.07) is 4.69. The Bertz CT molecular complexity index is 636. The molecule has 1 heterocycles. The van der Waals surface area contributed by atoms with Gasteiger partial charge in [0.15, 0.2) is 0 Å². The van der Waals surface area contributed by atoms with Gasteiger partial charge in [-0.05, 0) is 11.8 Å². The first-order valence-electron chi connectivity index (χ1n) is 4.60. The minimum absolute atomic E-state index is 0. The number of hydrogen-bond acceptors (Lipinski definition) is 3. The van der Waals surface area contributed by atoms with Crippen LogP contribution in [0.2, 0.25) is 20.4 Å². The number of nitrogens with zero attached hydrogens (tertiary/aromatic N) is 2. The maximum atomic E-state index is 12.2. The van der Waals surface area contributed by atoms with Gasteiger partial charge in [0.25, 0.3) is 0 Å². The number of rotatable bonds is 2. The van der Waals surface area contributed by atoms with Gasteiger partial charge in [-0.15, -0.1) is 6.20 Å². The van der Waals surface area contributed by atoms with Crippen LogP contribution in [0.5, 0.6) is 0 Å². The monoisotopic (exact) mass is 404 g/mol. The predicted molar refractivity (Wildman–Crippen MR) is 70.8 cm³/mol. The number of carbonyl (C=O) groups excluding carboxylic acids is 1. The summed E-state index contributed by atoms with van der Waals surface area (Å²) in [7, 11) is 0. The normalized spacial score (nSPS) is 9.89. The number of benzene rings is 1. The van der Waals surface area contributed by atoms with Crippen molar-refractivity contribution in [1.82, 2.24) is 9.97 Å². The molecular weight excluding hydrogens is 403 g/mol. The zero-order valence-corrected chi connectivity index (χ0v) is 17.5. The fourth-order valence-electron chi connectivity index (χ4n) is 1.26. The second-order valence-corrected chi connectivity index (χ2v) is 4.70. The minimum atomic E-state index is -0.493. The molecule has 92 valence electrons. The van der Waals surface area contributed by atoms with Gasteiger partial charge in [0.1, 0.15) is 5.78 Å². The van der Waals surface area contributed by atoms with Crippen molar-refractivity contribution < 1.29 is 63.0 Å². The molecule has 0 spiro atoms. The van der Waals surface area contributed by atoms with Gasteiger partial charge < -0.3 is 9.78 Å². The van der Waals surface area contributed by atoms with E-state index in [0.29, 0.717) is 0 Å². The third kappa shape index (κ3) is 4.21. The summed E-state index contributed by atoms with van der Waals surface area (Å²) in [4.78, 5) is 19.6. The average Bonchev–Trinajstić information content (AvgIpc) is 2.32. The van der Waals surface area contributed by atoms with Crippen molar-refractivity contribution in [1.29, 1.82) is 0 Å². The third-order valence-corrected chi connectivity index (χ3v) is 3.31. The van der Waals surface area contributed by atoms with Crippen molar-refractivity contribution in [3.63, 3.8) is 0 Å². The molecule has 0 aliphatic carbocycles. The Balaban J connectivity index is 0.00000180. The Morgan fingerprint density at radius 1 is 1.16 bits per heavy atom. The molecule has 0 saturated carbocycles. The summed E-state index contributed by atoms with van der Waals surface area (Å²) >= 11 is 23.1. The van der Waals surface area contributed by atoms with E-state index in [9.17, 15) is 4.79 Å². The second kappa shape index (κ2) is 7.81. The molecule has 0 aliphatic heterocycles. The first kappa shape index (κ1) is 18.0. The molecule has 8 heteroatoms. The van der Waals surface area contributed by atoms with Crippen LogP contribution >= 0.6 is 46.4 Å². The molecule has 0 bridgehead atoms. The van der Waals surface area contributed by atoms with E-state index in [1.807, 2.05) is 0 Å². The molecule has 2 rings (SSSR count). The second-order valence-electron chi connectivity index (χ2n) is 3.20. The van der Waals surface area contributed by atoms with Crippen molar-refractivity contribution >= 4 is 52.2 Å². The fourth-order valence-corrected chi connectivity index (χ4v) is 2.03. The minimum Gasteiger partial charge on any atom is -0.443 e. The predicted octanol–water partition coefficient (Wildman–Crippen LogP) is 1.13. The molecule has 0 fully saturated rings. The van der Waals surface area contributed by atoms with Crippen molar-refractivity contribution in [3.05, 3.63) is 56.0 Å². The SMILES string of the molecule is O=C(c1cccc(Cl)c1Cl)c1n[c-]c(Cl)nc1Cl.[Rb+]. The Morgan fingerprint density at radius 2 is 1.84 bits per heavy atom. The number of aromatic nitrogens is 2. The van der Waals surface area contributed by atoms with Gasteiger partial charge in [0, 0.05) is 5.56 Å². The maximum absolute atomic E-state index is 12.2. The molecule has 0 amide bonds. The molecule has 0 radical (unpaired) electrons. The van der Waals surface area contributed by atoms with Crippen LogP contribution in [0.1, 0.15) is 16.1 Å². The zero-order chi connectivity index (χ0) is 13.3. The van der Waals surface area contributed by atoms with E-state index in [4.69, 9.17) is 46.4 Å². The van der Waals surface area contributed by atoms with Crippen LogP contribution in [0.3, 0.4) is 0 Å². The van der Waals surface area contributed by atoms with E-state index in [0.717, 1.165) is 0 Å². The summed E-state index contributed by atoms with van der Waals surface area (Å²) in [6.45, 7) is 0. The first-order valence-corrected chi connectivity index (χ1v) is 6.11. The Hall–Kier alpha value is 0.935. The van der Waals surface area contributed by atoms with Crippen LogP contribution in [-0.4, -0.2) is 15.8 Å². The standard InChI is InChI=1S/C11H3Cl4N2O.Rb/c12-6-3-1-2-5(8(6)14)10(18)9-11(15)17-7(13)4-16-9;/h1-3H;/q-1;+1. The van der Waals surface area contributed by atoms with Crippen LogP contribution in [0, 0.1) is 6.20 Å². The molecule has 0 atom stereocenters. The van der Waals surface area contributed by atoms with E-state index < -0.39 is 5.78 Å². The topological polar surface area (TPSA) is 42.9 Å². The maximum Gasteiger partial charge on any atom is 1.00 e. The fraction of sp³-hybridized carbons (Fsp3) is 0. The summed E-state index contributed by atoms with van der Waals surface area (Å²) in [5.74, 6) is -0.493. The molecule has 2 aromatic rings. The zero-order valence-electron chi connectivity index (χ0n) is 9.55. The van der Waals surface area contributed by atoms with Gasteiger partial charge >= 0.3 is 58.2 Å². The first-order chi connectivity index (χ1) is 8.50. The van der Waals surface area contributed by atoms with Gasteiger partial charge in [0.05, 0.1) is 20.4 Å². The smallest absolute Gasteiger partial charge is 0.443 e. The molecule has 0 saturated heterocycles. The molecule has 1 aromatic heterocycles. The van der Waals surface area contributed by atoms with Gasteiger partial charge in [-0.1, -0.05) is 58.5 Å². The van der Waals surface area contributed by atoms with E-state index in [1.54, 1.807) is 12.1 Å². The Morgan fingerprint density at radius 3 is 2.47 bits per heavy atom. The summed E-state index contributed by atoms with van der Waals surface area (Å²) in [5.41, 5.74) is 0.112. The molecule has 19 heavy (non-hydrogen) atoms. The van der Waals surface area contributed by atoms with Gasteiger partial charge in [-0.25, -0.2) is 0 Å². The number of carbonyl (C=O) groups is 1. The van der Waals surface area contributed by atoms with E-state index >= 15 is 0 Å². The van der Waals surface area contributed by atoms with Crippen LogP contribution < -0.4 is 58.2 Å². The number of halogens is 4. The van der Waals surface area contributed by atoms with Crippen molar-refractivity contribution in [2.24, 2.45) is 0 Å². The van der Waals surface area contributed by atoms with Gasteiger partial charge in [0.2, 0.25) is 0 Å². The summed E-state index contributed by atoms with van der Waals surface area (Å²) in [5, 5.41) is 0.273. The largest absolute Gasteiger partial charge is 1.00 e. The number of hydrogen-bond donors (Lipinski definition) is 0. The van der Waals surface area contributed by atoms with E-state index in [1.165, 1.54) is 6.07 Å². The van der Waals surface area contributed by atoms with E-state index in [2.05, 4.69) is 16.2 Å². The Labute approximate surface area is 178 Å². The van der Waals surface area contributed by atoms with Crippen LogP contribution in [0.4, 0.5) is 0 Å². The molecule has 0 N–H and O–H groups in total. The third-order valence-electron chi connectivity index (χ3n) is 2.06. The molecule has 0 aliphatic rings. The molecular formula is C11H3Cl4N2ORb. The van der Waals surface area contributed by atoms with Crippen LogP contribution in [0.15, 0.2) is 18.2 Å². The molecule has 1 aromatic carbocycles. The Kier molecular flexibility index (Phi) is 7.39. The summed E-state index contributed by atoms with van der Waals surface area (Å²) < 4.78 is 0. The van der Waals surface area contributed by atoms with Gasteiger partial charge in [-0.2, -0.15) is 0 Å². The van der Waals surface area contributed by atoms with Crippen LogP contribution in [0.25, 0.3) is 0 Å². The molecule has 3 nitrogen and oxygen atoms in total. The van der Waals surface area contributed by atoms with E-state index in [-0.39, 0.29) is 89.8 Å².